The number of carbonyl (C=O) groups excluding carboxylic acids is 2. The first-order chi connectivity index (χ1) is 10.7. The van der Waals surface area contributed by atoms with Gasteiger partial charge in [0.15, 0.2) is 0 Å². The molecule has 8 nitrogen and oxygen atoms in total. The van der Waals surface area contributed by atoms with Crippen LogP contribution in [0.4, 0.5) is 0 Å². The summed E-state index contributed by atoms with van der Waals surface area (Å²) in [6, 6.07) is 8.11. The molecule has 0 aliphatic heterocycles. The Balaban J connectivity index is 0. The molecule has 0 aromatic heterocycles. The van der Waals surface area contributed by atoms with Gasteiger partial charge in [-0.2, -0.15) is 0 Å². The maximum Gasteiger partial charge on any atom is 0.322 e. The molecule has 1 rings (SSSR count). The van der Waals surface area contributed by atoms with Crippen molar-refractivity contribution in [3.8, 4) is 0 Å². The molecule has 0 unspecified atom stereocenters. The highest BCUT2D eigenvalue weighted by Gasteiger charge is 2.10. The lowest BCUT2D eigenvalue weighted by Gasteiger charge is -2.06. The van der Waals surface area contributed by atoms with Crippen molar-refractivity contribution in [2.24, 2.45) is 17.2 Å². The second-order valence-electron chi connectivity index (χ2n) is 4.82. The van der Waals surface area contributed by atoms with E-state index in [2.05, 4.69) is 0 Å². The van der Waals surface area contributed by atoms with Crippen molar-refractivity contribution in [2.45, 2.75) is 38.5 Å². The van der Waals surface area contributed by atoms with E-state index in [0.717, 1.165) is 5.56 Å². The highest BCUT2D eigenvalue weighted by molar-refractivity contribution is 5.85. The Labute approximate surface area is 146 Å². The first-order valence-electron chi connectivity index (χ1n) is 6.96. The molecule has 0 aliphatic carbocycles. The highest BCUT2D eigenvalue weighted by Crippen LogP contribution is 2.00. The highest BCUT2D eigenvalue weighted by atomic mass is 35.5. The molecule has 1 aromatic rings. The van der Waals surface area contributed by atoms with Crippen LogP contribution in [0.5, 0.6) is 0 Å². The number of primary amides is 1. The number of carboxylic acids is 1. The van der Waals surface area contributed by atoms with Crippen LogP contribution in [0.3, 0.4) is 0 Å². The van der Waals surface area contributed by atoms with E-state index in [1.807, 2.05) is 30.3 Å². The largest absolute Gasteiger partial charge is 0.481 e. The molecule has 2 atom stereocenters. The van der Waals surface area contributed by atoms with Gasteiger partial charge in [0.05, 0.1) is 6.04 Å². The number of carbonyl (C=O) groups is 3. The molecule has 0 saturated heterocycles. The summed E-state index contributed by atoms with van der Waals surface area (Å²) in [6.07, 6.45) is -0.0191. The van der Waals surface area contributed by atoms with Gasteiger partial charge >= 0.3 is 11.9 Å². The Kier molecular flexibility index (Phi) is 13.3. The molecule has 9 heteroatoms. The lowest BCUT2D eigenvalue weighted by atomic mass is 10.1. The number of benzene rings is 1. The third-order valence-corrected chi connectivity index (χ3v) is 2.63. The smallest absolute Gasteiger partial charge is 0.322 e. The number of halogens is 1. The van der Waals surface area contributed by atoms with Gasteiger partial charge in [-0.1, -0.05) is 30.3 Å². The molecule has 0 heterocycles. The summed E-state index contributed by atoms with van der Waals surface area (Å²) < 4.78 is 4.93. The molecule has 0 radical (unpaired) electrons. The molecule has 136 valence electrons. The van der Waals surface area contributed by atoms with Crippen molar-refractivity contribution in [3.63, 3.8) is 0 Å². The zero-order valence-corrected chi connectivity index (χ0v) is 14.2. The molecular formula is C15H24ClN3O5. The summed E-state index contributed by atoms with van der Waals surface area (Å²) >= 11 is 0. The number of hydrogen-bond acceptors (Lipinski definition) is 6. The van der Waals surface area contributed by atoms with Gasteiger partial charge in [-0.25, -0.2) is 0 Å². The Bertz CT molecular complexity index is 511. The van der Waals surface area contributed by atoms with Crippen LogP contribution >= 0.6 is 12.4 Å². The predicted octanol–water partition coefficient (Wildman–Crippen LogP) is 0.163. The van der Waals surface area contributed by atoms with Gasteiger partial charge in [-0.15, -0.1) is 12.4 Å². The fourth-order valence-electron chi connectivity index (χ4n) is 1.28. The van der Waals surface area contributed by atoms with Crippen LogP contribution in [0.1, 0.15) is 25.3 Å². The summed E-state index contributed by atoms with van der Waals surface area (Å²) in [6.45, 7) is 1.90. The van der Waals surface area contributed by atoms with Gasteiger partial charge in [-0.05, 0) is 18.9 Å². The van der Waals surface area contributed by atoms with E-state index in [1.54, 1.807) is 6.92 Å². The van der Waals surface area contributed by atoms with Crippen molar-refractivity contribution < 1.29 is 24.2 Å². The van der Waals surface area contributed by atoms with Crippen LogP contribution in [0, 0.1) is 0 Å². The minimum absolute atomic E-state index is 0. The van der Waals surface area contributed by atoms with Crippen molar-refractivity contribution >= 4 is 30.3 Å². The van der Waals surface area contributed by atoms with E-state index in [0.29, 0.717) is 6.61 Å². The van der Waals surface area contributed by atoms with E-state index >= 15 is 0 Å². The van der Waals surface area contributed by atoms with E-state index in [1.165, 1.54) is 0 Å². The number of hydrogen-bond donors (Lipinski definition) is 4. The maximum absolute atomic E-state index is 11.0. The standard InChI is InChI=1S/C10H13NO2.C5H10N2O3.ClH/c1-8(11)10(12)13-7-9-5-3-2-4-6-9;6-3(5(7)10)1-2-4(8)9;/h2-6,8H,7,11H2,1H3;3H,1-2,6H2,(H2,7,10)(H,8,9);1H/t8-;3-;/m01./s1. The van der Waals surface area contributed by atoms with Gasteiger partial charge in [0.2, 0.25) is 5.91 Å². The first kappa shape index (κ1) is 24.1. The monoisotopic (exact) mass is 361 g/mol. The van der Waals surface area contributed by atoms with Crippen LogP contribution in [-0.4, -0.2) is 35.0 Å². The third kappa shape index (κ3) is 12.4. The number of ether oxygens (including phenoxy) is 1. The van der Waals surface area contributed by atoms with Crippen LogP contribution < -0.4 is 17.2 Å². The lowest BCUT2D eigenvalue weighted by Crippen LogP contribution is -2.36. The minimum Gasteiger partial charge on any atom is -0.481 e. The summed E-state index contributed by atoms with van der Waals surface area (Å²) in [5.74, 6) is -2.01. The van der Waals surface area contributed by atoms with Crippen LogP contribution in [0.2, 0.25) is 0 Å². The van der Waals surface area contributed by atoms with E-state index in [9.17, 15) is 14.4 Å². The number of esters is 1. The number of nitrogens with two attached hydrogens (primary N) is 3. The number of amides is 1. The topological polar surface area (TPSA) is 159 Å². The van der Waals surface area contributed by atoms with Crippen molar-refractivity contribution in [1.29, 1.82) is 0 Å². The second-order valence-corrected chi connectivity index (χ2v) is 4.82. The fraction of sp³-hybridized carbons (Fsp3) is 0.400. The molecule has 1 aromatic carbocycles. The third-order valence-electron chi connectivity index (χ3n) is 2.63. The second kappa shape index (κ2) is 13.3. The molecule has 0 fully saturated rings. The van der Waals surface area contributed by atoms with E-state index < -0.39 is 24.0 Å². The van der Waals surface area contributed by atoms with Gasteiger partial charge in [0.25, 0.3) is 0 Å². The number of carboxylic acid groups (broad SMARTS) is 1. The van der Waals surface area contributed by atoms with Crippen molar-refractivity contribution in [2.75, 3.05) is 0 Å². The van der Waals surface area contributed by atoms with Crippen LogP contribution in [-0.2, 0) is 25.7 Å². The summed E-state index contributed by atoms with van der Waals surface area (Å²) in [4.78, 5) is 31.1. The van der Waals surface area contributed by atoms with Crippen LogP contribution in [0.15, 0.2) is 30.3 Å². The van der Waals surface area contributed by atoms with E-state index in [-0.39, 0.29) is 31.2 Å². The average molecular weight is 362 g/mol. The first-order valence-corrected chi connectivity index (χ1v) is 6.96. The Morgan fingerprint density at radius 2 is 1.71 bits per heavy atom. The molecule has 0 saturated carbocycles. The Morgan fingerprint density at radius 3 is 2.12 bits per heavy atom. The van der Waals surface area contributed by atoms with E-state index in [4.69, 9.17) is 27.0 Å². The van der Waals surface area contributed by atoms with Crippen molar-refractivity contribution in [3.05, 3.63) is 35.9 Å². The van der Waals surface area contributed by atoms with Crippen molar-refractivity contribution in [1.82, 2.24) is 0 Å². The lowest BCUT2D eigenvalue weighted by molar-refractivity contribution is -0.146. The normalized spacial score (nSPS) is 11.8. The summed E-state index contributed by atoms with van der Waals surface area (Å²) in [7, 11) is 0. The average Bonchev–Trinajstić information content (AvgIpc) is 2.51. The quantitative estimate of drug-likeness (QED) is 0.503. The van der Waals surface area contributed by atoms with Crippen LogP contribution in [0.25, 0.3) is 0 Å². The Morgan fingerprint density at radius 1 is 1.17 bits per heavy atom. The fourth-order valence-corrected chi connectivity index (χ4v) is 1.28. The minimum atomic E-state index is -0.975. The molecule has 0 spiro atoms. The van der Waals surface area contributed by atoms with Gasteiger partial charge in [0, 0.05) is 6.42 Å². The molecular weight excluding hydrogens is 338 g/mol. The number of rotatable bonds is 7. The van der Waals surface area contributed by atoms with Gasteiger partial charge < -0.3 is 27.0 Å². The number of aliphatic carboxylic acids is 1. The zero-order chi connectivity index (χ0) is 17.8. The van der Waals surface area contributed by atoms with Gasteiger partial charge in [-0.3, -0.25) is 14.4 Å². The predicted molar refractivity (Wildman–Crippen MR) is 91.2 cm³/mol. The molecule has 1 amide bonds. The molecule has 24 heavy (non-hydrogen) atoms. The molecule has 7 N–H and O–H groups in total. The Hall–Kier alpha value is -2.16. The van der Waals surface area contributed by atoms with Gasteiger partial charge in [0.1, 0.15) is 12.6 Å². The maximum atomic E-state index is 11.0. The molecule has 0 aliphatic rings. The molecule has 0 bridgehead atoms. The SMILES string of the molecule is C[C@H](N)C(=O)OCc1ccccc1.Cl.NC(=O)[C@H](N)CCC(=O)O. The zero-order valence-electron chi connectivity index (χ0n) is 13.4. The summed E-state index contributed by atoms with van der Waals surface area (Å²) in [5.41, 5.74) is 16.2. The summed E-state index contributed by atoms with van der Waals surface area (Å²) in [5, 5.41) is 8.14.